The fraction of sp³-hybridized carbons (Fsp3) is 0.545. The molecule has 0 radical (unpaired) electrons. The van der Waals surface area contributed by atoms with Crippen LogP contribution in [0.25, 0.3) is 0 Å². The van der Waals surface area contributed by atoms with Gasteiger partial charge in [0.15, 0.2) is 0 Å². The third-order valence-electron chi connectivity index (χ3n) is 2.92. The summed E-state index contributed by atoms with van der Waals surface area (Å²) in [6.45, 7) is 3.43. The number of hydrogen-bond donors (Lipinski definition) is 2. The lowest BCUT2D eigenvalue weighted by molar-refractivity contribution is 0.0905. The van der Waals surface area contributed by atoms with Crippen molar-refractivity contribution in [3.05, 3.63) is 21.9 Å². The summed E-state index contributed by atoms with van der Waals surface area (Å²) in [5.41, 5.74) is -0.512. The number of alkyl halides is 2. The zero-order valence-electron chi connectivity index (χ0n) is 9.43. The van der Waals surface area contributed by atoms with Crippen LogP contribution in [0.1, 0.15) is 35.0 Å². The van der Waals surface area contributed by atoms with Gasteiger partial charge in [0, 0.05) is 12.1 Å². The van der Waals surface area contributed by atoms with Crippen molar-refractivity contribution in [3.63, 3.8) is 0 Å². The topological polar surface area (TPSA) is 41.1 Å². The molecule has 94 valence electrons. The van der Waals surface area contributed by atoms with Gasteiger partial charge in [0.25, 0.3) is 12.3 Å². The van der Waals surface area contributed by atoms with Crippen LogP contribution in [-0.2, 0) is 0 Å². The molecule has 2 N–H and O–H groups in total. The van der Waals surface area contributed by atoms with Crippen LogP contribution >= 0.6 is 11.3 Å². The molecule has 1 aromatic heterocycles. The minimum Gasteiger partial charge on any atom is -0.345 e. The molecule has 0 aliphatic carbocycles. The van der Waals surface area contributed by atoms with Gasteiger partial charge in [-0.25, -0.2) is 8.78 Å². The average Bonchev–Trinajstić information content (AvgIpc) is 2.85. The average molecular weight is 260 g/mol. The largest absolute Gasteiger partial charge is 0.345 e. The molecular formula is C11H14F2N2OS. The molecule has 1 aliphatic heterocycles. The summed E-state index contributed by atoms with van der Waals surface area (Å²) in [6.07, 6.45) is -1.79. The van der Waals surface area contributed by atoms with E-state index in [1.54, 1.807) is 0 Å². The van der Waals surface area contributed by atoms with Crippen LogP contribution in [0.15, 0.2) is 11.4 Å². The highest BCUT2D eigenvalue weighted by Gasteiger charge is 2.31. The first-order chi connectivity index (χ1) is 8.02. The third kappa shape index (κ3) is 2.63. The molecule has 0 saturated carbocycles. The first-order valence-corrected chi connectivity index (χ1v) is 6.28. The summed E-state index contributed by atoms with van der Waals surface area (Å²) < 4.78 is 25.3. The molecule has 1 saturated heterocycles. The fourth-order valence-electron chi connectivity index (χ4n) is 1.93. The quantitative estimate of drug-likeness (QED) is 0.874. The highest BCUT2D eigenvalue weighted by molar-refractivity contribution is 7.12. The molecule has 0 bridgehead atoms. The van der Waals surface area contributed by atoms with Gasteiger partial charge in [-0.3, -0.25) is 4.79 Å². The molecule has 0 spiro atoms. The number of hydrogen-bond acceptors (Lipinski definition) is 3. The van der Waals surface area contributed by atoms with Gasteiger partial charge in [0.05, 0.1) is 5.54 Å². The number of thiophene rings is 1. The van der Waals surface area contributed by atoms with Crippen LogP contribution in [-0.4, -0.2) is 24.5 Å². The summed E-state index contributed by atoms with van der Waals surface area (Å²) in [4.78, 5) is 12.0. The van der Waals surface area contributed by atoms with Gasteiger partial charge in [-0.15, -0.1) is 11.3 Å². The molecule has 1 amide bonds. The Balaban J connectivity index is 2.12. The van der Waals surface area contributed by atoms with Crippen LogP contribution in [0, 0.1) is 0 Å². The molecular weight excluding hydrogens is 246 g/mol. The van der Waals surface area contributed by atoms with Gasteiger partial charge in [0.2, 0.25) is 0 Å². The van der Waals surface area contributed by atoms with E-state index in [0.29, 0.717) is 6.54 Å². The second-order valence-corrected chi connectivity index (χ2v) is 5.36. The highest BCUT2D eigenvalue weighted by atomic mass is 32.1. The van der Waals surface area contributed by atoms with Crippen molar-refractivity contribution in [1.82, 2.24) is 10.6 Å². The Hall–Kier alpha value is -1.01. The van der Waals surface area contributed by atoms with Crippen LogP contribution in [0.4, 0.5) is 8.78 Å². The Morgan fingerprint density at radius 2 is 2.41 bits per heavy atom. The molecule has 1 unspecified atom stereocenters. The summed E-state index contributed by atoms with van der Waals surface area (Å²) in [5.74, 6) is -0.401. The molecule has 2 heterocycles. The van der Waals surface area contributed by atoms with Crippen LogP contribution in [0.5, 0.6) is 0 Å². The highest BCUT2D eigenvalue weighted by Crippen LogP contribution is 2.28. The second kappa shape index (κ2) is 4.70. The van der Waals surface area contributed by atoms with Crippen molar-refractivity contribution in [1.29, 1.82) is 0 Å². The van der Waals surface area contributed by atoms with Gasteiger partial charge in [0.1, 0.15) is 4.88 Å². The smallest absolute Gasteiger partial charge is 0.265 e. The van der Waals surface area contributed by atoms with E-state index in [0.717, 1.165) is 24.3 Å². The van der Waals surface area contributed by atoms with E-state index < -0.39 is 12.3 Å². The summed E-state index contributed by atoms with van der Waals surface area (Å²) in [7, 11) is 0. The standard InChI is InChI=1S/C11H14F2N2OS/c1-11(3-4-14-6-11)15-10(16)8-7(9(12)13)2-5-17-8/h2,5,9,14H,3-4,6H2,1H3,(H,15,16). The zero-order chi connectivity index (χ0) is 12.5. The lowest BCUT2D eigenvalue weighted by Gasteiger charge is -2.24. The minimum atomic E-state index is -2.60. The van der Waals surface area contributed by atoms with Crippen molar-refractivity contribution in [2.45, 2.75) is 25.3 Å². The van der Waals surface area contributed by atoms with Crippen molar-refractivity contribution >= 4 is 17.2 Å². The fourth-order valence-corrected chi connectivity index (χ4v) is 2.73. The zero-order valence-corrected chi connectivity index (χ0v) is 10.2. The molecule has 1 fully saturated rings. The predicted molar refractivity (Wildman–Crippen MR) is 62.6 cm³/mol. The molecule has 3 nitrogen and oxygen atoms in total. The maximum Gasteiger partial charge on any atom is 0.265 e. The van der Waals surface area contributed by atoms with Crippen molar-refractivity contribution in [2.75, 3.05) is 13.1 Å². The van der Waals surface area contributed by atoms with E-state index in [2.05, 4.69) is 10.6 Å². The summed E-state index contributed by atoms with van der Waals surface area (Å²) in [5, 5.41) is 7.49. The number of carbonyl (C=O) groups excluding carboxylic acids is 1. The number of carbonyl (C=O) groups is 1. The van der Waals surface area contributed by atoms with E-state index in [1.807, 2.05) is 6.92 Å². The van der Waals surface area contributed by atoms with Crippen molar-refractivity contribution in [3.8, 4) is 0 Å². The first-order valence-electron chi connectivity index (χ1n) is 5.41. The number of halogens is 2. The maximum absolute atomic E-state index is 12.6. The predicted octanol–water partition coefficient (Wildman–Crippen LogP) is 2.17. The lowest BCUT2D eigenvalue weighted by atomic mass is 10.0. The summed E-state index contributed by atoms with van der Waals surface area (Å²) >= 11 is 1.06. The summed E-state index contributed by atoms with van der Waals surface area (Å²) in [6, 6.07) is 1.31. The van der Waals surface area contributed by atoms with Gasteiger partial charge in [-0.1, -0.05) is 0 Å². The normalized spacial score (nSPS) is 24.2. The Bertz CT molecular complexity index is 413. The van der Waals surface area contributed by atoms with Gasteiger partial charge in [-0.2, -0.15) is 0 Å². The van der Waals surface area contributed by atoms with Gasteiger partial charge < -0.3 is 10.6 Å². The molecule has 17 heavy (non-hydrogen) atoms. The Morgan fingerprint density at radius 3 is 3.00 bits per heavy atom. The second-order valence-electron chi connectivity index (χ2n) is 4.45. The molecule has 2 rings (SSSR count). The van der Waals surface area contributed by atoms with E-state index in [9.17, 15) is 13.6 Å². The lowest BCUT2D eigenvalue weighted by Crippen LogP contribution is -2.47. The van der Waals surface area contributed by atoms with Crippen molar-refractivity contribution < 1.29 is 13.6 Å². The van der Waals surface area contributed by atoms with Crippen LogP contribution < -0.4 is 10.6 Å². The third-order valence-corrected chi connectivity index (χ3v) is 3.85. The Morgan fingerprint density at radius 1 is 1.65 bits per heavy atom. The number of nitrogens with one attached hydrogen (secondary N) is 2. The van der Waals surface area contributed by atoms with Gasteiger partial charge in [-0.05, 0) is 31.3 Å². The van der Waals surface area contributed by atoms with Crippen LogP contribution in [0.2, 0.25) is 0 Å². The SMILES string of the molecule is CC1(NC(=O)c2sccc2C(F)F)CCNC1. The Kier molecular flexibility index (Phi) is 3.44. The van der Waals surface area contributed by atoms with E-state index in [1.165, 1.54) is 11.4 Å². The molecule has 1 aliphatic rings. The van der Waals surface area contributed by atoms with Gasteiger partial charge >= 0.3 is 0 Å². The molecule has 0 aromatic carbocycles. The molecule has 1 aromatic rings. The maximum atomic E-state index is 12.6. The monoisotopic (exact) mass is 260 g/mol. The minimum absolute atomic E-state index is 0.119. The molecule has 6 heteroatoms. The number of rotatable bonds is 3. The number of amides is 1. The van der Waals surface area contributed by atoms with E-state index >= 15 is 0 Å². The van der Waals surface area contributed by atoms with E-state index in [-0.39, 0.29) is 16.0 Å². The first kappa shape index (κ1) is 12.4. The van der Waals surface area contributed by atoms with Crippen molar-refractivity contribution in [2.24, 2.45) is 0 Å². The molecule has 1 atom stereocenters. The van der Waals surface area contributed by atoms with E-state index in [4.69, 9.17) is 0 Å². The Labute approximate surface area is 102 Å². The van der Waals surface area contributed by atoms with Crippen LogP contribution in [0.3, 0.4) is 0 Å².